The highest BCUT2D eigenvalue weighted by molar-refractivity contribution is 4.99. The molecule has 136 valence electrons. The first-order valence-corrected chi connectivity index (χ1v) is 7.12. The molecule has 11 heteroatoms. The Morgan fingerprint density at radius 2 is 1.52 bits per heavy atom. The van der Waals surface area contributed by atoms with Gasteiger partial charge >= 0.3 is 0 Å². The van der Waals surface area contributed by atoms with E-state index >= 15 is 0 Å². The van der Waals surface area contributed by atoms with Gasteiger partial charge in [-0.2, -0.15) is 0 Å². The van der Waals surface area contributed by atoms with Crippen LogP contribution in [-0.4, -0.2) is 110 Å². The summed E-state index contributed by atoms with van der Waals surface area (Å²) in [6, 6.07) is -1.22. The van der Waals surface area contributed by atoms with Crippen molar-refractivity contribution in [2.24, 2.45) is 5.73 Å². The summed E-state index contributed by atoms with van der Waals surface area (Å²) in [6.07, 6.45) is -10.1. The zero-order valence-electron chi connectivity index (χ0n) is 12.2. The molecule has 9 N–H and O–H groups in total. The van der Waals surface area contributed by atoms with Gasteiger partial charge < -0.3 is 55.7 Å². The van der Waals surface area contributed by atoms with Gasteiger partial charge in [-0.05, 0) is 0 Å². The van der Waals surface area contributed by atoms with Gasteiger partial charge in [0.1, 0.15) is 43.2 Å². The average molecular weight is 341 g/mol. The smallest absolute Gasteiger partial charge is 0.224 e. The highest BCUT2D eigenvalue weighted by atomic mass is 16.8. The molecule has 0 radical (unpaired) electrons. The van der Waals surface area contributed by atoms with Crippen molar-refractivity contribution in [3.05, 3.63) is 0 Å². The normalized spacial score (nSPS) is 51.1. The maximum absolute atomic E-state index is 10.0. The second-order valence-corrected chi connectivity index (χ2v) is 5.65. The van der Waals surface area contributed by atoms with Crippen molar-refractivity contribution in [1.82, 2.24) is 0 Å². The Kier molecular flexibility index (Phi) is 5.92. The maximum atomic E-state index is 10.0. The molecule has 2 unspecified atom stereocenters. The molecule has 0 amide bonds. The zero-order valence-corrected chi connectivity index (χ0v) is 12.2. The summed E-state index contributed by atoms with van der Waals surface area (Å²) >= 11 is 0. The van der Waals surface area contributed by atoms with Crippen LogP contribution in [0.3, 0.4) is 0 Å². The van der Waals surface area contributed by atoms with Gasteiger partial charge in [-0.25, -0.2) is 0 Å². The van der Waals surface area contributed by atoms with E-state index in [2.05, 4.69) is 0 Å². The molecule has 0 saturated carbocycles. The average Bonchev–Trinajstić information content (AvgIpc) is 2.80. The Morgan fingerprint density at radius 1 is 0.913 bits per heavy atom. The molecule has 23 heavy (non-hydrogen) atoms. The van der Waals surface area contributed by atoms with Crippen LogP contribution in [0.25, 0.3) is 0 Å². The monoisotopic (exact) mass is 341 g/mol. The minimum atomic E-state index is -2.17. The van der Waals surface area contributed by atoms with Crippen molar-refractivity contribution in [1.29, 1.82) is 0 Å². The molecule has 2 fully saturated rings. The molecule has 2 rings (SSSR count). The van der Waals surface area contributed by atoms with Crippen LogP contribution in [0.4, 0.5) is 0 Å². The Labute approximate surface area is 131 Å². The number of hydrogen-bond donors (Lipinski definition) is 8. The van der Waals surface area contributed by atoms with E-state index in [0.29, 0.717) is 0 Å². The second kappa shape index (κ2) is 7.21. The molecule has 0 aliphatic carbocycles. The van der Waals surface area contributed by atoms with E-state index in [1.165, 1.54) is 0 Å². The van der Waals surface area contributed by atoms with Gasteiger partial charge in [0.15, 0.2) is 6.29 Å². The Bertz CT molecular complexity index is 398. The van der Waals surface area contributed by atoms with Crippen LogP contribution in [-0.2, 0) is 14.2 Å². The molecule has 2 saturated heterocycles. The lowest BCUT2D eigenvalue weighted by molar-refractivity contribution is -0.374. The van der Waals surface area contributed by atoms with Crippen molar-refractivity contribution >= 4 is 0 Å². The van der Waals surface area contributed by atoms with Crippen LogP contribution >= 0.6 is 0 Å². The van der Waals surface area contributed by atoms with E-state index in [9.17, 15) is 25.5 Å². The molecule has 0 aromatic carbocycles. The topological polar surface area (TPSA) is 195 Å². The Balaban J connectivity index is 2.18. The van der Waals surface area contributed by atoms with Crippen LogP contribution < -0.4 is 5.73 Å². The molecular formula is C12H23NO10. The Hall–Kier alpha value is -0.440. The molecule has 0 bridgehead atoms. The number of aliphatic hydroxyl groups is 7. The predicted octanol–water partition coefficient (Wildman–Crippen LogP) is -5.43. The number of rotatable bonds is 5. The minimum Gasteiger partial charge on any atom is -0.394 e. The molecule has 0 aromatic rings. The van der Waals surface area contributed by atoms with Gasteiger partial charge in [0.2, 0.25) is 5.79 Å². The number of hydrogen-bond acceptors (Lipinski definition) is 11. The summed E-state index contributed by atoms with van der Waals surface area (Å²) in [4.78, 5) is 0. The predicted molar refractivity (Wildman–Crippen MR) is 70.6 cm³/mol. The maximum Gasteiger partial charge on any atom is 0.224 e. The lowest BCUT2D eigenvalue weighted by Crippen LogP contribution is -2.65. The van der Waals surface area contributed by atoms with Crippen LogP contribution in [0.5, 0.6) is 0 Å². The van der Waals surface area contributed by atoms with E-state index < -0.39 is 74.6 Å². The number of aliphatic hydroxyl groups excluding tert-OH is 7. The van der Waals surface area contributed by atoms with E-state index in [1.807, 2.05) is 0 Å². The van der Waals surface area contributed by atoms with E-state index in [4.69, 9.17) is 30.2 Å². The van der Waals surface area contributed by atoms with Gasteiger partial charge in [-0.3, -0.25) is 0 Å². The fraction of sp³-hybridized carbons (Fsp3) is 1.00. The molecule has 11 nitrogen and oxygen atoms in total. The third-order valence-electron chi connectivity index (χ3n) is 4.16. The van der Waals surface area contributed by atoms with Crippen LogP contribution in [0.2, 0.25) is 0 Å². The van der Waals surface area contributed by atoms with Crippen molar-refractivity contribution in [2.45, 2.75) is 54.7 Å². The molecule has 0 aromatic heterocycles. The first-order valence-electron chi connectivity index (χ1n) is 7.12. The lowest BCUT2D eigenvalue weighted by atomic mass is 9.97. The quantitative estimate of drug-likeness (QED) is 0.238. The lowest BCUT2D eigenvalue weighted by Gasteiger charge is -2.43. The Morgan fingerprint density at radius 3 is 2.00 bits per heavy atom. The van der Waals surface area contributed by atoms with Gasteiger partial charge in [-0.15, -0.1) is 0 Å². The fourth-order valence-electron chi connectivity index (χ4n) is 2.68. The number of ether oxygens (including phenoxy) is 3. The van der Waals surface area contributed by atoms with E-state index in [0.717, 1.165) is 0 Å². The van der Waals surface area contributed by atoms with Crippen molar-refractivity contribution in [3.63, 3.8) is 0 Å². The number of nitrogens with two attached hydrogens (primary N) is 1. The standard InChI is InChI=1S/C12H23NO10/c13-6-7(17)4(1-14)21-11(9(6)19)23-12(3-16)10(20)8(18)5(2-15)22-12/h4-11,14-20H,1-3,13H2/t4-,5-,6?,7-,8-,9-,10+,11-,12?/m1/s1. The first kappa shape index (κ1) is 18.9. The van der Waals surface area contributed by atoms with E-state index in [-0.39, 0.29) is 0 Å². The summed E-state index contributed by atoms with van der Waals surface area (Å²) in [5, 5.41) is 67.3. The molecule has 2 aliphatic rings. The SMILES string of the molecule is NC1[C@@H](O)[C@@H](OC2(CO)O[C@H](CO)[C@@H](O)[C@@H]2O)O[C@H](CO)[C@H]1O. The molecule has 2 heterocycles. The van der Waals surface area contributed by atoms with Gasteiger partial charge in [0, 0.05) is 0 Å². The van der Waals surface area contributed by atoms with E-state index in [1.54, 1.807) is 0 Å². The molecule has 0 spiro atoms. The van der Waals surface area contributed by atoms with Gasteiger partial charge in [-0.1, -0.05) is 0 Å². The van der Waals surface area contributed by atoms with Crippen LogP contribution in [0.15, 0.2) is 0 Å². The van der Waals surface area contributed by atoms with Crippen LogP contribution in [0, 0.1) is 0 Å². The molecule has 9 atom stereocenters. The minimum absolute atomic E-state index is 0.612. The summed E-state index contributed by atoms with van der Waals surface area (Å²) in [6.45, 7) is -2.18. The third-order valence-corrected chi connectivity index (χ3v) is 4.16. The third kappa shape index (κ3) is 3.23. The van der Waals surface area contributed by atoms with Crippen molar-refractivity contribution in [3.8, 4) is 0 Å². The first-order chi connectivity index (χ1) is 10.8. The molecule has 2 aliphatic heterocycles. The van der Waals surface area contributed by atoms with Crippen LogP contribution in [0.1, 0.15) is 0 Å². The van der Waals surface area contributed by atoms with Gasteiger partial charge in [0.05, 0.1) is 19.3 Å². The summed E-state index contributed by atoms with van der Waals surface area (Å²) in [5.41, 5.74) is 5.63. The summed E-state index contributed by atoms with van der Waals surface area (Å²) in [5.74, 6) is -2.17. The van der Waals surface area contributed by atoms with Crippen molar-refractivity contribution in [2.75, 3.05) is 19.8 Å². The summed E-state index contributed by atoms with van der Waals surface area (Å²) in [7, 11) is 0. The highest BCUT2D eigenvalue weighted by Gasteiger charge is 2.58. The summed E-state index contributed by atoms with van der Waals surface area (Å²) < 4.78 is 15.6. The highest BCUT2D eigenvalue weighted by Crippen LogP contribution is 2.35. The zero-order chi connectivity index (χ0) is 17.4. The molecular weight excluding hydrogens is 318 g/mol. The van der Waals surface area contributed by atoms with Gasteiger partial charge in [0.25, 0.3) is 0 Å². The fourth-order valence-corrected chi connectivity index (χ4v) is 2.68. The second-order valence-electron chi connectivity index (χ2n) is 5.65. The largest absolute Gasteiger partial charge is 0.394 e. The van der Waals surface area contributed by atoms with Crippen molar-refractivity contribution < 1.29 is 50.0 Å².